The molecule has 1 amide bonds. The van der Waals surface area contributed by atoms with Gasteiger partial charge in [0, 0.05) is 27.4 Å². The smallest absolute Gasteiger partial charge is 0.293 e. The van der Waals surface area contributed by atoms with Crippen molar-refractivity contribution in [1.29, 1.82) is 0 Å². The minimum absolute atomic E-state index is 0.196. The zero-order valence-electron chi connectivity index (χ0n) is 18.1. The van der Waals surface area contributed by atoms with E-state index in [4.69, 9.17) is 11.6 Å². The summed E-state index contributed by atoms with van der Waals surface area (Å²) in [6.07, 6.45) is 3.69. The first-order valence-corrected chi connectivity index (χ1v) is 11.5. The highest BCUT2D eigenvalue weighted by atomic mass is 35.5. The quantitative estimate of drug-likeness (QED) is 0.396. The summed E-state index contributed by atoms with van der Waals surface area (Å²) in [4.78, 5) is 26.5. The molecule has 0 unspecified atom stereocenters. The molecule has 7 nitrogen and oxygen atoms in total. The van der Waals surface area contributed by atoms with Crippen LogP contribution in [0.3, 0.4) is 0 Å². The molecule has 0 bridgehead atoms. The molecule has 6 rings (SSSR count). The first-order chi connectivity index (χ1) is 16.6. The van der Waals surface area contributed by atoms with Crippen LogP contribution in [-0.4, -0.2) is 25.5 Å². The molecule has 8 heteroatoms. The second-order valence-corrected chi connectivity index (χ2v) is 8.93. The van der Waals surface area contributed by atoms with Crippen molar-refractivity contribution in [2.24, 2.45) is 0 Å². The van der Waals surface area contributed by atoms with Crippen LogP contribution in [0, 0.1) is 0 Å². The van der Waals surface area contributed by atoms with Gasteiger partial charge < -0.3 is 5.32 Å². The Morgan fingerprint density at radius 3 is 2.65 bits per heavy atom. The number of benzene rings is 3. The normalized spacial score (nSPS) is 13.4. The lowest BCUT2D eigenvalue weighted by atomic mass is 10.1. The molecule has 34 heavy (non-hydrogen) atoms. The van der Waals surface area contributed by atoms with E-state index in [1.807, 2.05) is 54.6 Å². The predicted octanol–water partition coefficient (Wildman–Crippen LogP) is 4.90. The summed E-state index contributed by atoms with van der Waals surface area (Å²) in [6, 6.07) is 20.7. The standard InChI is InChI=1S/C26H20ClN5O2/c27-18-7-4-8-19(13-18)32-25-21(14-28-32)24(17-11-12-17)30-31(26(25)34)15-23(33)29-22-10-3-6-16-5-1-2-9-20(16)22/h1-10,13-14,17H,11-12,15H2,(H,29,33). The summed E-state index contributed by atoms with van der Waals surface area (Å²) in [7, 11) is 0. The average Bonchev–Trinajstić information content (AvgIpc) is 3.58. The molecule has 1 fully saturated rings. The van der Waals surface area contributed by atoms with Crippen LogP contribution in [0.5, 0.6) is 0 Å². The van der Waals surface area contributed by atoms with Gasteiger partial charge in [0.05, 0.1) is 17.6 Å². The van der Waals surface area contributed by atoms with Gasteiger partial charge in [-0.3, -0.25) is 9.59 Å². The molecular formula is C26H20ClN5O2. The van der Waals surface area contributed by atoms with Gasteiger partial charge in [-0.1, -0.05) is 54.1 Å². The van der Waals surface area contributed by atoms with Crippen molar-refractivity contribution in [3.8, 4) is 5.69 Å². The lowest BCUT2D eigenvalue weighted by molar-refractivity contribution is -0.117. The third-order valence-electron chi connectivity index (χ3n) is 6.08. The van der Waals surface area contributed by atoms with E-state index in [0.29, 0.717) is 21.9 Å². The van der Waals surface area contributed by atoms with Gasteiger partial charge in [0.1, 0.15) is 12.1 Å². The van der Waals surface area contributed by atoms with Gasteiger partial charge in [0.2, 0.25) is 5.91 Å². The Hall–Kier alpha value is -3.97. The first-order valence-electron chi connectivity index (χ1n) is 11.1. The van der Waals surface area contributed by atoms with Crippen LogP contribution in [0.1, 0.15) is 24.5 Å². The lowest BCUT2D eigenvalue weighted by Gasteiger charge is -2.12. The molecule has 168 valence electrons. The Morgan fingerprint density at radius 1 is 1.03 bits per heavy atom. The van der Waals surface area contributed by atoms with Crippen LogP contribution >= 0.6 is 11.6 Å². The van der Waals surface area contributed by atoms with E-state index in [1.165, 1.54) is 4.68 Å². The Kier molecular flexibility index (Phi) is 4.92. The fraction of sp³-hybridized carbons (Fsp3) is 0.154. The van der Waals surface area contributed by atoms with Gasteiger partial charge in [0.15, 0.2) is 0 Å². The molecular weight excluding hydrogens is 450 g/mol. The van der Waals surface area contributed by atoms with Gasteiger partial charge in [-0.05, 0) is 42.5 Å². The molecule has 0 saturated heterocycles. The highest BCUT2D eigenvalue weighted by molar-refractivity contribution is 6.30. The van der Waals surface area contributed by atoms with Crippen molar-refractivity contribution in [3.63, 3.8) is 0 Å². The number of amides is 1. The van der Waals surface area contributed by atoms with Crippen molar-refractivity contribution < 1.29 is 4.79 Å². The number of carbonyl (C=O) groups is 1. The number of carbonyl (C=O) groups excluding carboxylic acids is 1. The van der Waals surface area contributed by atoms with E-state index < -0.39 is 0 Å². The number of rotatable bonds is 5. The van der Waals surface area contributed by atoms with Gasteiger partial charge in [-0.15, -0.1) is 0 Å². The number of nitrogens with zero attached hydrogens (tertiary/aromatic N) is 4. The molecule has 0 spiro atoms. The maximum Gasteiger partial charge on any atom is 0.293 e. The molecule has 0 aliphatic heterocycles. The summed E-state index contributed by atoms with van der Waals surface area (Å²) in [5.41, 5.74) is 2.21. The summed E-state index contributed by atoms with van der Waals surface area (Å²) < 4.78 is 2.83. The molecule has 1 saturated carbocycles. The average molecular weight is 470 g/mol. The molecule has 5 aromatic rings. The van der Waals surface area contributed by atoms with E-state index >= 15 is 0 Å². The third kappa shape index (κ3) is 3.64. The molecule has 3 aromatic carbocycles. The number of halogens is 1. The van der Waals surface area contributed by atoms with Gasteiger partial charge in [-0.2, -0.15) is 10.2 Å². The van der Waals surface area contributed by atoms with Gasteiger partial charge in [0.25, 0.3) is 5.56 Å². The van der Waals surface area contributed by atoms with Crippen molar-refractivity contribution >= 4 is 44.9 Å². The minimum atomic E-state index is -0.370. The van der Waals surface area contributed by atoms with Crippen molar-refractivity contribution in [2.45, 2.75) is 25.3 Å². The van der Waals surface area contributed by atoms with Crippen molar-refractivity contribution in [1.82, 2.24) is 19.6 Å². The molecule has 1 N–H and O–H groups in total. The number of fused-ring (bicyclic) bond motifs is 2. The van der Waals surface area contributed by atoms with Crippen LogP contribution in [0.4, 0.5) is 5.69 Å². The fourth-order valence-electron chi connectivity index (χ4n) is 4.32. The van der Waals surface area contributed by atoms with Crippen LogP contribution < -0.4 is 10.9 Å². The molecule has 1 aliphatic rings. The predicted molar refractivity (Wildman–Crippen MR) is 133 cm³/mol. The molecule has 0 atom stereocenters. The lowest BCUT2D eigenvalue weighted by Crippen LogP contribution is -2.31. The number of hydrogen-bond donors (Lipinski definition) is 1. The van der Waals surface area contributed by atoms with E-state index in [1.54, 1.807) is 23.0 Å². The molecule has 2 aromatic heterocycles. The summed E-state index contributed by atoms with van der Waals surface area (Å²) in [6.45, 7) is -0.196. The SMILES string of the molecule is O=C(Cn1nc(C2CC2)c2cnn(-c3cccc(Cl)c3)c2c1=O)Nc1cccc2ccccc12. The molecule has 2 heterocycles. The fourth-order valence-corrected chi connectivity index (χ4v) is 4.51. The summed E-state index contributed by atoms with van der Waals surface area (Å²) in [5, 5.41) is 15.2. The summed E-state index contributed by atoms with van der Waals surface area (Å²) in [5.74, 6) is -0.0478. The highest BCUT2D eigenvalue weighted by Crippen LogP contribution is 2.41. The minimum Gasteiger partial charge on any atom is -0.324 e. The Labute approximate surface area is 199 Å². The monoisotopic (exact) mass is 469 g/mol. The zero-order chi connectivity index (χ0) is 23.2. The Morgan fingerprint density at radius 2 is 1.82 bits per heavy atom. The van der Waals surface area contributed by atoms with Crippen molar-refractivity contribution in [3.05, 3.63) is 94.0 Å². The van der Waals surface area contributed by atoms with Crippen LogP contribution in [0.15, 0.2) is 77.7 Å². The van der Waals surface area contributed by atoms with Crippen LogP contribution in [0.2, 0.25) is 5.02 Å². The second-order valence-electron chi connectivity index (χ2n) is 8.50. The van der Waals surface area contributed by atoms with Crippen LogP contribution in [0.25, 0.3) is 27.4 Å². The number of aromatic nitrogens is 4. The number of nitrogens with one attached hydrogen (secondary N) is 1. The van der Waals surface area contributed by atoms with Crippen molar-refractivity contribution in [2.75, 3.05) is 5.32 Å². The number of hydrogen-bond acceptors (Lipinski definition) is 4. The van der Waals surface area contributed by atoms with Gasteiger partial charge in [-0.25, -0.2) is 9.36 Å². The van der Waals surface area contributed by atoms with Gasteiger partial charge >= 0.3 is 0 Å². The maximum atomic E-state index is 13.5. The largest absolute Gasteiger partial charge is 0.324 e. The maximum absolute atomic E-state index is 13.5. The molecule has 0 radical (unpaired) electrons. The number of anilines is 1. The molecule has 1 aliphatic carbocycles. The summed E-state index contributed by atoms with van der Waals surface area (Å²) >= 11 is 6.17. The Balaban J connectivity index is 1.41. The highest BCUT2D eigenvalue weighted by Gasteiger charge is 2.30. The second kappa shape index (κ2) is 8.11. The van der Waals surface area contributed by atoms with E-state index in [2.05, 4.69) is 15.5 Å². The zero-order valence-corrected chi connectivity index (χ0v) is 18.9. The van der Waals surface area contributed by atoms with E-state index in [-0.39, 0.29) is 23.9 Å². The van der Waals surface area contributed by atoms with E-state index in [9.17, 15) is 9.59 Å². The third-order valence-corrected chi connectivity index (χ3v) is 6.32. The Bertz CT molecular complexity index is 1630. The van der Waals surface area contributed by atoms with Crippen LogP contribution in [-0.2, 0) is 11.3 Å². The van der Waals surface area contributed by atoms with E-state index in [0.717, 1.165) is 34.7 Å². The topological polar surface area (TPSA) is 81.8 Å². The first kappa shape index (κ1) is 20.6.